The monoisotopic (exact) mass is 273 g/mol. The number of hydrogen-bond donors (Lipinski definition) is 1. The van der Waals surface area contributed by atoms with E-state index in [9.17, 15) is 4.79 Å². The second-order valence-electron chi connectivity index (χ2n) is 4.39. The smallest absolute Gasteiger partial charge is 0.322 e. The normalized spacial score (nSPS) is 15.1. The number of anilines is 1. The molecule has 3 heterocycles. The lowest BCUT2D eigenvalue weighted by atomic mass is 10.4. The van der Waals surface area contributed by atoms with Crippen molar-refractivity contribution in [3.8, 4) is 5.82 Å². The maximum Gasteiger partial charge on any atom is 0.322 e. The third kappa shape index (κ3) is 2.77. The van der Waals surface area contributed by atoms with Gasteiger partial charge in [0.25, 0.3) is 0 Å². The van der Waals surface area contributed by atoms with Gasteiger partial charge in [0, 0.05) is 19.3 Å². The Morgan fingerprint density at radius 2 is 2.15 bits per heavy atom. The van der Waals surface area contributed by atoms with Crippen molar-refractivity contribution in [2.24, 2.45) is 0 Å². The summed E-state index contributed by atoms with van der Waals surface area (Å²) in [7, 11) is 0. The summed E-state index contributed by atoms with van der Waals surface area (Å²) in [6, 6.07) is 5.44. The number of ether oxygens (including phenoxy) is 1. The number of nitrogens with one attached hydrogen (secondary N) is 1. The van der Waals surface area contributed by atoms with Crippen molar-refractivity contribution >= 4 is 11.7 Å². The molecule has 0 atom stereocenters. The van der Waals surface area contributed by atoms with Crippen LogP contribution >= 0.6 is 0 Å². The van der Waals surface area contributed by atoms with Crippen LogP contribution in [0.4, 0.5) is 10.5 Å². The number of carbonyl (C=O) groups excluding carboxylic acids is 1. The molecule has 2 amide bonds. The van der Waals surface area contributed by atoms with Gasteiger partial charge in [-0.05, 0) is 12.1 Å². The SMILES string of the molecule is O=C(Nc1cnn(-c2ccccn2)c1)N1CCOCC1. The first-order valence-corrected chi connectivity index (χ1v) is 6.43. The number of rotatable bonds is 2. The molecule has 2 aromatic heterocycles. The molecule has 1 aliphatic rings. The minimum atomic E-state index is -0.131. The van der Waals surface area contributed by atoms with Crippen LogP contribution in [0.15, 0.2) is 36.8 Å². The quantitative estimate of drug-likeness (QED) is 0.890. The van der Waals surface area contributed by atoms with E-state index in [-0.39, 0.29) is 6.03 Å². The van der Waals surface area contributed by atoms with Crippen molar-refractivity contribution in [2.75, 3.05) is 31.6 Å². The molecule has 7 nitrogen and oxygen atoms in total. The van der Waals surface area contributed by atoms with Crippen molar-refractivity contribution in [1.29, 1.82) is 0 Å². The van der Waals surface area contributed by atoms with Gasteiger partial charge in [0.1, 0.15) is 0 Å². The third-order valence-electron chi connectivity index (χ3n) is 3.02. The minimum absolute atomic E-state index is 0.131. The summed E-state index contributed by atoms with van der Waals surface area (Å²) < 4.78 is 6.84. The fourth-order valence-corrected chi connectivity index (χ4v) is 1.97. The zero-order chi connectivity index (χ0) is 13.8. The van der Waals surface area contributed by atoms with Gasteiger partial charge in [-0.1, -0.05) is 6.07 Å². The van der Waals surface area contributed by atoms with E-state index in [1.807, 2.05) is 18.2 Å². The predicted octanol–water partition coefficient (Wildman–Crippen LogP) is 1.13. The molecule has 0 saturated carbocycles. The van der Waals surface area contributed by atoms with Gasteiger partial charge in [-0.25, -0.2) is 14.5 Å². The first-order chi connectivity index (χ1) is 9.83. The van der Waals surface area contributed by atoms with E-state index >= 15 is 0 Å². The summed E-state index contributed by atoms with van der Waals surface area (Å²) in [5.74, 6) is 0.708. The topological polar surface area (TPSA) is 72.3 Å². The predicted molar refractivity (Wildman–Crippen MR) is 72.8 cm³/mol. The fourth-order valence-electron chi connectivity index (χ4n) is 1.97. The molecule has 0 aromatic carbocycles. The van der Waals surface area contributed by atoms with Crippen molar-refractivity contribution in [3.05, 3.63) is 36.8 Å². The van der Waals surface area contributed by atoms with Crippen LogP contribution in [0.3, 0.4) is 0 Å². The van der Waals surface area contributed by atoms with Crippen LogP contribution in [0.25, 0.3) is 5.82 Å². The Balaban J connectivity index is 1.66. The Bertz CT molecular complexity index is 577. The molecular weight excluding hydrogens is 258 g/mol. The molecule has 2 aromatic rings. The van der Waals surface area contributed by atoms with E-state index < -0.39 is 0 Å². The lowest BCUT2D eigenvalue weighted by Gasteiger charge is -2.26. The van der Waals surface area contributed by atoms with E-state index in [0.717, 1.165) is 0 Å². The molecule has 104 valence electrons. The molecule has 0 aliphatic carbocycles. The molecule has 20 heavy (non-hydrogen) atoms. The van der Waals surface area contributed by atoms with Gasteiger partial charge in [0.05, 0.1) is 31.3 Å². The highest BCUT2D eigenvalue weighted by molar-refractivity contribution is 5.89. The summed E-state index contributed by atoms with van der Waals surface area (Å²) in [4.78, 5) is 17.9. The second kappa shape index (κ2) is 5.70. The van der Waals surface area contributed by atoms with Crippen molar-refractivity contribution in [3.63, 3.8) is 0 Å². The van der Waals surface area contributed by atoms with E-state index in [0.29, 0.717) is 37.8 Å². The van der Waals surface area contributed by atoms with E-state index in [1.165, 1.54) is 0 Å². The summed E-state index contributed by atoms with van der Waals surface area (Å²) in [6.45, 7) is 2.39. The molecule has 3 rings (SSSR count). The lowest BCUT2D eigenvalue weighted by Crippen LogP contribution is -2.43. The highest BCUT2D eigenvalue weighted by Crippen LogP contribution is 2.10. The minimum Gasteiger partial charge on any atom is -0.378 e. The number of urea groups is 1. The summed E-state index contributed by atoms with van der Waals surface area (Å²) in [5, 5.41) is 7.00. The number of morpholine rings is 1. The van der Waals surface area contributed by atoms with Crippen LogP contribution in [0, 0.1) is 0 Å². The van der Waals surface area contributed by atoms with E-state index in [1.54, 1.807) is 28.2 Å². The Morgan fingerprint density at radius 1 is 1.30 bits per heavy atom. The first-order valence-electron chi connectivity index (χ1n) is 6.43. The number of nitrogens with zero attached hydrogens (tertiary/aromatic N) is 4. The Kier molecular flexibility index (Phi) is 3.60. The first kappa shape index (κ1) is 12.6. The molecule has 0 unspecified atom stereocenters. The molecule has 7 heteroatoms. The fraction of sp³-hybridized carbons (Fsp3) is 0.308. The van der Waals surface area contributed by atoms with Crippen LogP contribution in [-0.4, -0.2) is 52.0 Å². The summed E-state index contributed by atoms with van der Waals surface area (Å²) in [6.07, 6.45) is 5.04. The molecule has 0 spiro atoms. The van der Waals surface area contributed by atoms with Crippen molar-refractivity contribution < 1.29 is 9.53 Å². The molecule has 0 bridgehead atoms. The summed E-state index contributed by atoms with van der Waals surface area (Å²) in [5.41, 5.74) is 0.646. The highest BCUT2D eigenvalue weighted by atomic mass is 16.5. The number of carbonyl (C=O) groups is 1. The van der Waals surface area contributed by atoms with Crippen LogP contribution in [0.5, 0.6) is 0 Å². The zero-order valence-corrected chi connectivity index (χ0v) is 10.9. The maximum atomic E-state index is 12.0. The van der Waals surface area contributed by atoms with Gasteiger partial charge in [-0.3, -0.25) is 0 Å². The molecule has 1 aliphatic heterocycles. The van der Waals surface area contributed by atoms with Gasteiger partial charge in [0.15, 0.2) is 5.82 Å². The molecule has 0 radical (unpaired) electrons. The Morgan fingerprint density at radius 3 is 2.90 bits per heavy atom. The number of aromatic nitrogens is 3. The van der Waals surface area contributed by atoms with Crippen molar-refractivity contribution in [2.45, 2.75) is 0 Å². The molecular formula is C13H15N5O2. The maximum absolute atomic E-state index is 12.0. The number of amides is 2. The molecule has 1 fully saturated rings. The standard InChI is InChI=1S/C13H15N5O2/c19-13(17-5-7-20-8-6-17)16-11-9-15-18(10-11)12-3-1-2-4-14-12/h1-4,9-10H,5-8H2,(H,16,19). The van der Waals surface area contributed by atoms with Crippen LogP contribution in [0.1, 0.15) is 0 Å². The Labute approximate surface area is 116 Å². The largest absolute Gasteiger partial charge is 0.378 e. The number of pyridine rings is 1. The van der Waals surface area contributed by atoms with Gasteiger partial charge in [-0.15, -0.1) is 0 Å². The number of hydrogen-bond acceptors (Lipinski definition) is 4. The zero-order valence-electron chi connectivity index (χ0n) is 10.9. The van der Waals surface area contributed by atoms with Gasteiger partial charge < -0.3 is 15.0 Å². The summed E-state index contributed by atoms with van der Waals surface area (Å²) >= 11 is 0. The Hall–Kier alpha value is -2.41. The third-order valence-corrected chi connectivity index (χ3v) is 3.02. The van der Waals surface area contributed by atoms with Crippen LogP contribution in [-0.2, 0) is 4.74 Å². The van der Waals surface area contributed by atoms with Gasteiger partial charge in [0.2, 0.25) is 0 Å². The van der Waals surface area contributed by atoms with Gasteiger partial charge >= 0.3 is 6.03 Å². The average molecular weight is 273 g/mol. The average Bonchev–Trinajstić information content (AvgIpc) is 2.97. The van der Waals surface area contributed by atoms with Crippen LogP contribution < -0.4 is 5.32 Å². The van der Waals surface area contributed by atoms with Crippen molar-refractivity contribution in [1.82, 2.24) is 19.7 Å². The second-order valence-corrected chi connectivity index (χ2v) is 4.39. The van der Waals surface area contributed by atoms with Gasteiger partial charge in [-0.2, -0.15) is 5.10 Å². The van der Waals surface area contributed by atoms with E-state index in [2.05, 4.69) is 15.4 Å². The van der Waals surface area contributed by atoms with E-state index in [4.69, 9.17) is 4.74 Å². The van der Waals surface area contributed by atoms with Crippen LogP contribution in [0.2, 0.25) is 0 Å². The highest BCUT2D eigenvalue weighted by Gasteiger charge is 2.17. The molecule has 1 saturated heterocycles. The molecule has 1 N–H and O–H groups in total. The lowest BCUT2D eigenvalue weighted by molar-refractivity contribution is 0.0564.